The Bertz CT molecular complexity index is 900. The Kier molecular flexibility index (Phi) is 6.67. The summed E-state index contributed by atoms with van der Waals surface area (Å²) >= 11 is 0. The van der Waals surface area contributed by atoms with Crippen LogP contribution in [-0.2, 0) is 4.79 Å². The molecule has 1 amide bonds. The van der Waals surface area contributed by atoms with Crippen LogP contribution >= 0.6 is 12.4 Å². The molecule has 0 spiro atoms. The highest BCUT2D eigenvalue weighted by Crippen LogP contribution is 2.27. The highest BCUT2D eigenvalue weighted by Gasteiger charge is 2.16. The Morgan fingerprint density at radius 1 is 1.07 bits per heavy atom. The minimum absolute atomic E-state index is 0. The molecule has 0 atom stereocenters. The molecule has 148 valence electrons. The topological polar surface area (TPSA) is 64.3 Å². The lowest BCUT2D eigenvalue weighted by Gasteiger charge is -2.32. The van der Waals surface area contributed by atoms with Crippen LogP contribution in [0, 0.1) is 0 Å². The average Bonchev–Trinajstić information content (AvgIpc) is 3.12. The van der Waals surface area contributed by atoms with Gasteiger partial charge in [0.05, 0.1) is 16.7 Å². The second-order valence-electron chi connectivity index (χ2n) is 7.09. The van der Waals surface area contributed by atoms with Crippen LogP contribution in [0.15, 0.2) is 48.5 Å². The molecule has 0 bridgehead atoms. The largest absolute Gasteiger partial charge is 0.338 e. The van der Waals surface area contributed by atoms with E-state index in [0.29, 0.717) is 6.42 Å². The van der Waals surface area contributed by atoms with Gasteiger partial charge in [-0.15, -0.1) is 12.4 Å². The molecule has 6 nitrogen and oxygen atoms in total. The van der Waals surface area contributed by atoms with E-state index in [9.17, 15) is 4.79 Å². The first-order chi connectivity index (χ1) is 13.2. The Morgan fingerprint density at radius 3 is 2.57 bits per heavy atom. The number of nitrogens with one attached hydrogen (secondary N) is 2. The van der Waals surface area contributed by atoms with Gasteiger partial charge in [0.15, 0.2) is 0 Å². The molecule has 28 heavy (non-hydrogen) atoms. The molecular formula is C21H26ClN5O. The van der Waals surface area contributed by atoms with Crippen LogP contribution in [0.5, 0.6) is 0 Å². The van der Waals surface area contributed by atoms with Gasteiger partial charge in [-0.05, 0) is 31.3 Å². The fraction of sp³-hybridized carbons (Fsp3) is 0.333. The van der Waals surface area contributed by atoms with Gasteiger partial charge in [-0.1, -0.05) is 24.3 Å². The third-order valence-corrected chi connectivity index (χ3v) is 5.10. The van der Waals surface area contributed by atoms with E-state index in [1.807, 2.05) is 48.5 Å². The number of carbonyl (C=O) groups excluding carboxylic acids is 1. The number of aromatic amines is 1. The molecule has 4 rings (SSSR count). The number of halogens is 1. The molecule has 2 heterocycles. The third kappa shape index (κ3) is 4.70. The summed E-state index contributed by atoms with van der Waals surface area (Å²) in [4.78, 5) is 25.2. The van der Waals surface area contributed by atoms with E-state index < -0.39 is 0 Å². The van der Waals surface area contributed by atoms with E-state index in [2.05, 4.69) is 32.1 Å². The van der Waals surface area contributed by atoms with Crippen molar-refractivity contribution in [2.24, 2.45) is 0 Å². The average molecular weight is 400 g/mol. The zero-order chi connectivity index (χ0) is 18.6. The molecule has 0 aliphatic carbocycles. The van der Waals surface area contributed by atoms with Gasteiger partial charge in [0.1, 0.15) is 5.82 Å². The Labute approximate surface area is 171 Å². The van der Waals surface area contributed by atoms with Crippen molar-refractivity contribution in [3.63, 3.8) is 0 Å². The SMILES string of the molecule is CN1CCN(CCC(=O)Nc2ccccc2-c2nc3ccccc3[nH]2)CC1.Cl. The van der Waals surface area contributed by atoms with Crippen molar-refractivity contribution >= 4 is 35.0 Å². The summed E-state index contributed by atoms with van der Waals surface area (Å²) in [6.45, 7) is 4.98. The number of hydrogen-bond acceptors (Lipinski definition) is 4. The Balaban J connectivity index is 0.00000225. The second-order valence-corrected chi connectivity index (χ2v) is 7.09. The number of anilines is 1. The quantitative estimate of drug-likeness (QED) is 0.691. The molecule has 0 unspecified atom stereocenters. The lowest BCUT2D eigenvalue weighted by atomic mass is 10.1. The summed E-state index contributed by atoms with van der Waals surface area (Å²) in [6.07, 6.45) is 0.498. The number of carbonyl (C=O) groups is 1. The molecule has 1 aromatic heterocycles. The van der Waals surface area contributed by atoms with E-state index in [4.69, 9.17) is 0 Å². The maximum Gasteiger partial charge on any atom is 0.225 e. The molecular weight excluding hydrogens is 374 g/mol. The number of benzene rings is 2. The summed E-state index contributed by atoms with van der Waals surface area (Å²) in [6, 6.07) is 15.7. The first-order valence-corrected chi connectivity index (χ1v) is 9.44. The number of H-pyrrole nitrogens is 1. The molecule has 0 radical (unpaired) electrons. The minimum Gasteiger partial charge on any atom is -0.338 e. The van der Waals surface area contributed by atoms with Crippen LogP contribution in [0.4, 0.5) is 5.69 Å². The minimum atomic E-state index is 0. The summed E-state index contributed by atoms with van der Waals surface area (Å²) in [7, 11) is 2.14. The second kappa shape index (κ2) is 9.19. The van der Waals surface area contributed by atoms with Crippen molar-refractivity contribution in [2.75, 3.05) is 45.1 Å². The van der Waals surface area contributed by atoms with Crippen LogP contribution < -0.4 is 5.32 Å². The first kappa shape index (κ1) is 20.3. The number of para-hydroxylation sites is 3. The number of imidazole rings is 1. The smallest absolute Gasteiger partial charge is 0.225 e. The monoisotopic (exact) mass is 399 g/mol. The number of likely N-dealkylation sites (N-methyl/N-ethyl adjacent to an activating group) is 1. The van der Waals surface area contributed by atoms with Crippen LogP contribution in [0.25, 0.3) is 22.4 Å². The van der Waals surface area contributed by atoms with Crippen molar-refractivity contribution in [2.45, 2.75) is 6.42 Å². The highest BCUT2D eigenvalue weighted by molar-refractivity contribution is 5.95. The van der Waals surface area contributed by atoms with Gasteiger partial charge in [0.25, 0.3) is 0 Å². The number of aromatic nitrogens is 2. The molecule has 3 aromatic rings. The molecule has 2 N–H and O–H groups in total. The van der Waals surface area contributed by atoms with Gasteiger partial charge >= 0.3 is 0 Å². The number of piperazine rings is 1. The van der Waals surface area contributed by atoms with E-state index >= 15 is 0 Å². The summed E-state index contributed by atoms with van der Waals surface area (Å²) < 4.78 is 0. The van der Waals surface area contributed by atoms with Crippen molar-refractivity contribution in [1.29, 1.82) is 0 Å². The van der Waals surface area contributed by atoms with Gasteiger partial charge in [0.2, 0.25) is 5.91 Å². The predicted octanol–water partition coefficient (Wildman–Crippen LogP) is 3.23. The van der Waals surface area contributed by atoms with Crippen LogP contribution in [0.1, 0.15) is 6.42 Å². The maximum atomic E-state index is 12.5. The Hall–Kier alpha value is -2.41. The molecule has 2 aromatic carbocycles. The predicted molar refractivity (Wildman–Crippen MR) is 116 cm³/mol. The van der Waals surface area contributed by atoms with E-state index in [0.717, 1.165) is 60.8 Å². The number of nitrogens with zero attached hydrogens (tertiary/aromatic N) is 3. The maximum absolute atomic E-state index is 12.5. The van der Waals surface area contributed by atoms with Crippen molar-refractivity contribution in [3.8, 4) is 11.4 Å². The van der Waals surface area contributed by atoms with Gasteiger partial charge in [-0.2, -0.15) is 0 Å². The number of rotatable bonds is 5. The number of fused-ring (bicyclic) bond motifs is 1. The zero-order valence-corrected chi connectivity index (χ0v) is 16.8. The van der Waals surface area contributed by atoms with E-state index in [1.165, 1.54) is 0 Å². The lowest BCUT2D eigenvalue weighted by molar-refractivity contribution is -0.116. The molecule has 1 fully saturated rings. The lowest BCUT2D eigenvalue weighted by Crippen LogP contribution is -2.45. The van der Waals surface area contributed by atoms with Crippen LogP contribution in [0.2, 0.25) is 0 Å². The van der Waals surface area contributed by atoms with Gasteiger partial charge in [0, 0.05) is 44.7 Å². The third-order valence-electron chi connectivity index (χ3n) is 5.10. The molecule has 1 aliphatic heterocycles. The Morgan fingerprint density at radius 2 is 1.79 bits per heavy atom. The van der Waals surface area contributed by atoms with Crippen LogP contribution in [-0.4, -0.2) is 65.4 Å². The van der Waals surface area contributed by atoms with E-state index in [1.54, 1.807) is 0 Å². The fourth-order valence-electron chi connectivity index (χ4n) is 3.42. The van der Waals surface area contributed by atoms with Gasteiger partial charge < -0.3 is 20.1 Å². The van der Waals surface area contributed by atoms with Gasteiger partial charge in [-0.25, -0.2) is 4.98 Å². The summed E-state index contributed by atoms with van der Waals surface area (Å²) in [5.41, 5.74) is 3.61. The van der Waals surface area contributed by atoms with Gasteiger partial charge in [-0.3, -0.25) is 4.79 Å². The standard InChI is InChI=1S/C21H25N5O.ClH/c1-25-12-14-26(15-13-25)11-10-20(27)22-17-7-3-2-6-16(17)21-23-18-8-4-5-9-19(18)24-21;/h2-9H,10-15H2,1H3,(H,22,27)(H,23,24);1H. The van der Waals surface area contributed by atoms with E-state index in [-0.39, 0.29) is 18.3 Å². The summed E-state index contributed by atoms with van der Waals surface area (Å²) in [5, 5.41) is 3.07. The fourth-order valence-corrected chi connectivity index (χ4v) is 3.42. The van der Waals surface area contributed by atoms with Crippen LogP contribution in [0.3, 0.4) is 0 Å². The van der Waals surface area contributed by atoms with Crippen molar-refractivity contribution < 1.29 is 4.79 Å². The van der Waals surface area contributed by atoms with Crippen molar-refractivity contribution in [1.82, 2.24) is 19.8 Å². The number of amides is 1. The highest BCUT2D eigenvalue weighted by atomic mass is 35.5. The normalized spacial score (nSPS) is 15.3. The molecule has 1 aliphatic rings. The molecule has 1 saturated heterocycles. The number of hydrogen-bond donors (Lipinski definition) is 2. The first-order valence-electron chi connectivity index (χ1n) is 9.44. The molecule has 7 heteroatoms. The zero-order valence-electron chi connectivity index (χ0n) is 16.0. The molecule has 0 saturated carbocycles. The summed E-state index contributed by atoms with van der Waals surface area (Å²) in [5.74, 6) is 0.809. The van der Waals surface area contributed by atoms with Crippen molar-refractivity contribution in [3.05, 3.63) is 48.5 Å².